The zero-order valence-electron chi connectivity index (χ0n) is 14.5. The Morgan fingerprint density at radius 1 is 1.23 bits per heavy atom. The summed E-state index contributed by atoms with van der Waals surface area (Å²) in [5.41, 5.74) is 3.80. The van der Waals surface area contributed by atoms with Crippen molar-refractivity contribution in [3.63, 3.8) is 0 Å². The molecule has 1 N–H and O–H groups in total. The molecule has 0 aliphatic heterocycles. The van der Waals surface area contributed by atoms with E-state index >= 15 is 0 Å². The number of benzene rings is 2. The maximum absolute atomic E-state index is 11.9. The minimum atomic E-state index is -0.487. The lowest BCUT2D eigenvalue weighted by atomic mass is 10.1. The van der Waals surface area contributed by atoms with Gasteiger partial charge in [0.05, 0.1) is 31.3 Å². The van der Waals surface area contributed by atoms with Crippen LogP contribution in [0.4, 0.5) is 5.69 Å². The first kappa shape index (κ1) is 18.9. The average Bonchev–Trinajstić information content (AvgIpc) is 2.62. The summed E-state index contributed by atoms with van der Waals surface area (Å²) in [5.74, 6) is 0.885. The zero-order chi connectivity index (χ0) is 18.9. The van der Waals surface area contributed by atoms with Gasteiger partial charge < -0.3 is 9.47 Å². The number of carbonyl (C=O) groups is 1. The summed E-state index contributed by atoms with van der Waals surface area (Å²) < 4.78 is 10.7. The topological polar surface area (TPSA) is 103 Å². The predicted molar refractivity (Wildman–Crippen MR) is 96.7 cm³/mol. The number of hydrogen-bond acceptors (Lipinski definition) is 6. The van der Waals surface area contributed by atoms with Gasteiger partial charge in [-0.1, -0.05) is 12.1 Å². The van der Waals surface area contributed by atoms with E-state index in [0.717, 1.165) is 5.56 Å². The maximum Gasteiger partial charge on any atom is 0.269 e. The Hall–Kier alpha value is -3.42. The van der Waals surface area contributed by atoms with Gasteiger partial charge in [0, 0.05) is 12.1 Å². The summed E-state index contributed by atoms with van der Waals surface area (Å²) in [7, 11) is 1.56. The summed E-state index contributed by atoms with van der Waals surface area (Å²) in [4.78, 5) is 22.0. The molecule has 0 radical (unpaired) electrons. The monoisotopic (exact) mass is 357 g/mol. The maximum atomic E-state index is 11.9. The number of amides is 1. The number of hydrogen-bond donors (Lipinski definition) is 1. The lowest BCUT2D eigenvalue weighted by Gasteiger charge is -2.09. The summed E-state index contributed by atoms with van der Waals surface area (Å²) in [5, 5.41) is 14.5. The van der Waals surface area contributed by atoms with E-state index < -0.39 is 4.92 Å². The number of carbonyl (C=O) groups excluding carboxylic acids is 1. The highest BCUT2D eigenvalue weighted by atomic mass is 16.6. The molecule has 0 atom stereocenters. The SMILES string of the molecule is CCOc1cc(/C=N\NC(=O)Cc2ccc([N+](=O)[O-])cc2)ccc1OC. The van der Waals surface area contributed by atoms with Crippen LogP contribution in [0.5, 0.6) is 11.5 Å². The highest BCUT2D eigenvalue weighted by Crippen LogP contribution is 2.27. The van der Waals surface area contributed by atoms with Crippen LogP contribution in [0, 0.1) is 10.1 Å². The van der Waals surface area contributed by atoms with Crippen LogP contribution >= 0.6 is 0 Å². The van der Waals surface area contributed by atoms with E-state index in [-0.39, 0.29) is 18.0 Å². The second-order valence-corrected chi connectivity index (χ2v) is 5.24. The third-order valence-electron chi connectivity index (χ3n) is 3.40. The molecule has 0 aliphatic rings. The Bertz CT molecular complexity index is 803. The fraction of sp³-hybridized carbons (Fsp3) is 0.222. The molecular weight excluding hydrogens is 338 g/mol. The van der Waals surface area contributed by atoms with E-state index in [9.17, 15) is 14.9 Å². The molecule has 1 amide bonds. The van der Waals surface area contributed by atoms with Crippen molar-refractivity contribution in [1.82, 2.24) is 5.43 Å². The molecular formula is C18H19N3O5. The number of nitro benzene ring substituents is 1. The van der Waals surface area contributed by atoms with Crippen LogP contribution in [0.25, 0.3) is 0 Å². The quantitative estimate of drug-likeness (QED) is 0.444. The third kappa shape index (κ3) is 5.30. The molecule has 0 saturated carbocycles. The van der Waals surface area contributed by atoms with Gasteiger partial charge in [-0.3, -0.25) is 14.9 Å². The minimum absolute atomic E-state index is 0.0169. The van der Waals surface area contributed by atoms with Crippen LogP contribution in [0.1, 0.15) is 18.1 Å². The predicted octanol–water partition coefficient (Wildman–Crippen LogP) is 2.69. The number of nitrogens with one attached hydrogen (secondary N) is 1. The summed E-state index contributed by atoms with van der Waals surface area (Å²) in [6, 6.07) is 11.1. The van der Waals surface area contributed by atoms with Crippen molar-refractivity contribution in [3.8, 4) is 11.5 Å². The highest BCUT2D eigenvalue weighted by Gasteiger charge is 2.07. The standard InChI is InChI=1S/C18H19N3O5/c1-3-26-17-10-14(6-9-16(17)25-2)12-19-20-18(22)11-13-4-7-15(8-5-13)21(23)24/h4-10,12H,3,11H2,1-2H3,(H,20,22)/b19-12-. The van der Waals surface area contributed by atoms with Crippen molar-refractivity contribution >= 4 is 17.8 Å². The molecule has 2 rings (SSSR count). The second kappa shape index (κ2) is 9.16. The number of hydrazone groups is 1. The van der Waals surface area contributed by atoms with E-state index in [2.05, 4.69) is 10.5 Å². The van der Waals surface area contributed by atoms with Crippen LogP contribution < -0.4 is 14.9 Å². The lowest BCUT2D eigenvalue weighted by Crippen LogP contribution is -2.19. The smallest absolute Gasteiger partial charge is 0.269 e. The van der Waals surface area contributed by atoms with Crippen molar-refractivity contribution in [2.75, 3.05) is 13.7 Å². The number of ether oxygens (including phenoxy) is 2. The molecule has 0 bridgehead atoms. The van der Waals surface area contributed by atoms with Crippen molar-refractivity contribution in [2.24, 2.45) is 5.10 Å². The van der Waals surface area contributed by atoms with Crippen LogP contribution in [0.2, 0.25) is 0 Å². The van der Waals surface area contributed by atoms with Gasteiger partial charge in [0.2, 0.25) is 5.91 Å². The van der Waals surface area contributed by atoms with Gasteiger partial charge in [0.15, 0.2) is 11.5 Å². The highest BCUT2D eigenvalue weighted by molar-refractivity contribution is 5.84. The zero-order valence-corrected chi connectivity index (χ0v) is 14.5. The number of non-ortho nitro benzene ring substituents is 1. The first-order valence-corrected chi connectivity index (χ1v) is 7.89. The molecule has 0 heterocycles. The van der Waals surface area contributed by atoms with E-state index in [1.165, 1.54) is 18.3 Å². The molecule has 0 saturated heterocycles. The van der Waals surface area contributed by atoms with E-state index in [1.54, 1.807) is 37.4 Å². The Morgan fingerprint density at radius 2 is 1.96 bits per heavy atom. The first-order chi connectivity index (χ1) is 12.5. The lowest BCUT2D eigenvalue weighted by molar-refractivity contribution is -0.384. The van der Waals surface area contributed by atoms with Crippen LogP contribution in [-0.4, -0.2) is 30.8 Å². The summed E-state index contributed by atoms with van der Waals surface area (Å²) in [6.45, 7) is 2.38. The average molecular weight is 357 g/mol. The van der Waals surface area contributed by atoms with E-state index in [4.69, 9.17) is 9.47 Å². The van der Waals surface area contributed by atoms with Gasteiger partial charge >= 0.3 is 0 Å². The molecule has 0 aromatic heterocycles. The van der Waals surface area contributed by atoms with Gasteiger partial charge in [-0.2, -0.15) is 5.10 Å². The van der Waals surface area contributed by atoms with Gasteiger partial charge in [-0.15, -0.1) is 0 Å². The van der Waals surface area contributed by atoms with Crippen LogP contribution in [-0.2, 0) is 11.2 Å². The molecule has 0 fully saturated rings. The normalized spacial score (nSPS) is 10.5. The largest absolute Gasteiger partial charge is 0.493 e. The van der Waals surface area contributed by atoms with E-state index in [0.29, 0.717) is 23.7 Å². The van der Waals surface area contributed by atoms with Crippen molar-refractivity contribution in [1.29, 1.82) is 0 Å². The number of nitro groups is 1. The third-order valence-corrected chi connectivity index (χ3v) is 3.40. The van der Waals surface area contributed by atoms with Gasteiger partial charge in [0.1, 0.15) is 0 Å². The molecule has 26 heavy (non-hydrogen) atoms. The molecule has 0 aliphatic carbocycles. The molecule has 8 nitrogen and oxygen atoms in total. The molecule has 2 aromatic rings. The molecule has 2 aromatic carbocycles. The van der Waals surface area contributed by atoms with Gasteiger partial charge in [-0.25, -0.2) is 5.43 Å². The van der Waals surface area contributed by atoms with E-state index in [1.807, 2.05) is 6.92 Å². The molecule has 0 spiro atoms. The minimum Gasteiger partial charge on any atom is -0.493 e. The van der Waals surface area contributed by atoms with Gasteiger partial charge in [-0.05, 0) is 36.2 Å². The van der Waals surface area contributed by atoms with Crippen LogP contribution in [0.3, 0.4) is 0 Å². The summed E-state index contributed by atoms with van der Waals surface area (Å²) in [6.07, 6.45) is 1.57. The number of nitrogens with zero attached hydrogens (tertiary/aromatic N) is 2. The molecule has 0 unspecified atom stereocenters. The fourth-order valence-corrected chi connectivity index (χ4v) is 2.18. The summed E-state index contributed by atoms with van der Waals surface area (Å²) >= 11 is 0. The Morgan fingerprint density at radius 3 is 2.58 bits per heavy atom. The Balaban J connectivity index is 1.94. The number of methoxy groups -OCH3 is 1. The van der Waals surface area contributed by atoms with Gasteiger partial charge in [0.25, 0.3) is 5.69 Å². The van der Waals surface area contributed by atoms with Crippen molar-refractivity contribution in [2.45, 2.75) is 13.3 Å². The molecule has 8 heteroatoms. The number of rotatable bonds is 8. The second-order valence-electron chi connectivity index (χ2n) is 5.24. The fourth-order valence-electron chi connectivity index (χ4n) is 2.18. The van der Waals surface area contributed by atoms with Crippen LogP contribution in [0.15, 0.2) is 47.6 Å². The van der Waals surface area contributed by atoms with Crippen molar-refractivity contribution in [3.05, 3.63) is 63.7 Å². The Kier molecular flexibility index (Phi) is 6.67. The molecule has 136 valence electrons. The van der Waals surface area contributed by atoms with Crippen molar-refractivity contribution < 1.29 is 19.2 Å². The first-order valence-electron chi connectivity index (χ1n) is 7.89. The Labute approximate surface area is 150 Å².